The zero-order chi connectivity index (χ0) is 10.2. The third-order valence-electron chi connectivity index (χ3n) is 3.56. The molecule has 3 heteroatoms. The second-order valence-electron chi connectivity index (χ2n) is 4.65. The fourth-order valence-corrected chi connectivity index (χ4v) is 2.39. The minimum Gasteiger partial charge on any atom is -0.481 e. The molecule has 1 rings (SSSR count). The van der Waals surface area contributed by atoms with Crippen molar-refractivity contribution in [1.29, 1.82) is 0 Å². The summed E-state index contributed by atoms with van der Waals surface area (Å²) in [5.74, 6) is -1.01. The van der Waals surface area contributed by atoms with Gasteiger partial charge in [0, 0.05) is 0 Å². The predicted molar refractivity (Wildman–Crippen MR) is 49.3 cm³/mol. The third kappa shape index (κ3) is 1.70. The van der Waals surface area contributed by atoms with Crippen LogP contribution in [0.1, 0.15) is 33.6 Å². The molecule has 13 heavy (non-hydrogen) atoms. The Morgan fingerprint density at radius 1 is 1.46 bits per heavy atom. The molecule has 0 heterocycles. The number of aliphatic hydroxyl groups is 1. The molecule has 1 aliphatic rings. The van der Waals surface area contributed by atoms with E-state index >= 15 is 0 Å². The number of carboxylic acid groups (broad SMARTS) is 1. The molecule has 0 aliphatic heterocycles. The van der Waals surface area contributed by atoms with Gasteiger partial charge in [-0.1, -0.05) is 20.8 Å². The van der Waals surface area contributed by atoms with E-state index in [1.165, 1.54) is 0 Å². The second kappa shape index (κ2) is 3.29. The van der Waals surface area contributed by atoms with Crippen LogP contribution in [0.3, 0.4) is 0 Å². The molecule has 1 aliphatic carbocycles. The van der Waals surface area contributed by atoms with Crippen LogP contribution in [0, 0.1) is 17.3 Å². The first-order valence-electron chi connectivity index (χ1n) is 4.78. The number of rotatable bonds is 2. The zero-order valence-corrected chi connectivity index (χ0v) is 8.45. The van der Waals surface area contributed by atoms with E-state index in [1.807, 2.05) is 13.8 Å². The van der Waals surface area contributed by atoms with Crippen molar-refractivity contribution in [2.75, 3.05) is 0 Å². The standard InChI is InChI=1S/C10H18O3/c1-6(9(12)13)7-4-5-8(11)10(7,2)3/h6-8,11H,4-5H2,1-3H3,(H,12,13). The van der Waals surface area contributed by atoms with Crippen LogP contribution in [-0.2, 0) is 4.79 Å². The first-order valence-corrected chi connectivity index (χ1v) is 4.78. The van der Waals surface area contributed by atoms with E-state index in [-0.39, 0.29) is 23.4 Å². The minimum absolute atomic E-state index is 0.0972. The Morgan fingerprint density at radius 3 is 2.31 bits per heavy atom. The topological polar surface area (TPSA) is 57.5 Å². The van der Waals surface area contributed by atoms with Crippen molar-refractivity contribution in [3.63, 3.8) is 0 Å². The molecular formula is C10H18O3. The molecule has 0 bridgehead atoms. The van der Waals surface area contributed by atoms with Gasteiger partial charge in [0.05, 0.1) is 12.0 Å². The number of carboxylic acids is 1. The van der Waals surface area contributed by atoms with Crippen LogP contribution in [0.15, 0.2) is 0 Å². The van der Waals surface area contributed by atoms with Crippen molar-refractivity contribution in [2.45, 2.75) is 39.7 Å². The summed E-state index contributed by atoms with van der Waals surface area (Å²) in [5.41, 5.74) is -0.252. The first-order chi connectivity index (χ1) is 5.87. The van der Waals surface area contributed by atoms with E-state index in [0.29, 0.717) is 0 Å². The molecule has 1 fully saturated rings. The Kier molecular flexibility index (Phi) is 2.66. The summed E-state index contributed by atoms with van der Waals surface area (Å²) in [6.07, 6.45) is 1.20. The average Bonchev–Trinajstić information content (AvgIpc) is 2.26. The van der Waals surface area contributed by atoms with Gasteiger partial charge in [-0.15, -0.1) is 0 Å². The van der Waals surface area contributed by atoms with Crippen molar-refractivity contribution in [2.24, 2.45) is 17.3 Å². The number of carbonyl (C=O) groups is 1. The van der Waals surface area contributed by atoms with Crippen LogP contribution in [-0.4, -0.2) is 22.3 Å². The molecule has 3 atom stereocenters. The molecule has 0 radical (unpaired) electrons. The summed E-state index contributed by atoms with van der Waals surface area (Å²) in [6.45, 7) is 5.64. The molecule has 0 amide bonds. The van der Waals surface area contributed by atoms with Gasteiger partial charge in [-0.3, -0.25) is 4.79 Å². The summed E-state index contributed by atoms with van der Waals surface area (Å²) in [4.78, 5) is 10.8. The van der Waals surface area contributed by atoms with Crippen LogP contribution in [0.2, 0.25) is 0 Å². The Labute approximate surface area is 78.8 Å². The molecule has 0 aromatic rings. The molecule has 3 unspecified atom stereocenters. The van der Waals surface area contributed by atoms with Crippen molar-refractivity contribution >= 4 is 5.97 Å². The van der Waals surface area contributed by atoms with Gasteiger partial charge < -0.3 is 10.2 Å². The maximum atomic E-state index is 10.8. The highest BCUT2D eigenvalue weighted by Gasteiger charge is 2.46. The van der Waals surface area contributed by atoms with Gasteiger partial charge in [-0.05, 0) is 24.2 Å². The van der Waals surface area contributed by atoms with Crippen molar-refractivity contribution < 1.29 is 15.0 Å². The fraction of sp³-hybridized carbons (Fsp3) is 0.900. The van der Waals surface area contributed by atoms with Crippen LogP contribution in [0.5, 0.6) is 0 Å². The predicted octanol–water partition coefficient (Wildman–Crippen LogP) is 1.50. The normalized spacial score (nSPS) is 34.5. The van der Waals surface area contributed by atoms with Gasteiger partial charge in [0.15, 0.2) is 0 Å². The van der Waals surface area contributed by atoms with Crippen LogP contribution < -0.4 is 0 Å². The molecule has 76 valence electrons. The minimum atomic E-state index is -0.757. The highest BCUT2D eigenvalue weighted by molar-refractivity contribution is 5.70. The lowest BCUT2D eigenvalue weighted by molar-refractivity contribution is -0.144. The quantitative estimate of drug-likeness (QED) is 0.687. The van der Waals surface area contributed by atoms with Gasteiger partial charge in [-0.25, -0.2) is 0 Å². The number of aliphatic hydroxyl groups excluding tert-OH is 1. The number of hydrogen-bond donors (Lipinski definition) is 2. The monoisotopic (exact) mass is 186 g/mol. The van der Waals surface area contributed by atoms with E-state index in [9.17, 15) is 9.90 Å². The van der Waals surface area contributed by atoms with Gasteiger partial charge in [0.2, 0.25) is 0 Å². The summed E-state index contributed by atoms with van der Waals surface area (Å²) < 4.78 is 0. The maximum Gasteiger partial charge on any atom is 0.306 e. The zero-order valence-electron chi connectivity index (χ0n) is 8.45. The molecule has 2 N–H and O–H groups in total. The lowest BCUT2D eigenvalue weighted by Gasteiger charge is -2.32. The Hall–Kier alpha value is -0.570. The van der Waals surface area contributed by atoms with Crippen molar-refractivity contribution in [3.05, 3.63) is 0 Å². The second-order valence-corrected chi connectivity index (χ2v) is 4.65. The smallest absolute Gasteiger partial charge is 0.306 e. The summed E-state index contributed by atoms with van der Waals surface area (Å²) in [6, 6.07) is 0. The van der Waals surface area contributed by atoms with Crippen LogP contribution in [0.25, 0.3) is 0 Å². The maximum absolute atomic E-state index is 10.8. The highest BCUT2D eigenvalue weighted by Crippen LogP contribution is 2.46. The lowest BCUT2D eigenvalue weighted by Crippen LogP contribution is -2.35. The van der Waals surface area contributed by atoms with Gasteiger partial charge in [-0.2, -0.15) is 0 Å². The molecule has 0 spiro atoms. The first kappa shape index (κ1) is 10.5. The third-order valence-corrected chi connectivity index (χ3v) is 3.56. The number of hydrogen-bond acceptors (Lipinski definition) is 2. The van der Waals surface area contributed by atoms with Crippen LogP contribution >= 0.6 is 0 Å². The van der Waals surface area contributed by atoms with Gasteiger partial charge >= 0.3 is 5.97 Å². The van der Waals surface area contributed by atoms with Crippen molar-refractivity contribution in [3.8, 4) is 0 Å². The summed E-state index contributed by atoms with van der Waals surface area (Å²) >= 11 is 0. The Balaban J connectivity index is 2.77. The van der Waals surface area contributed by atoms with E-state index in [2.05, 4.69) is 0 Å². The summed E-state index contributed by atoms with van der Waals surface area (Å²) in [7, 11) is 0. The van der Waals surface area contributed by atoms with E-state index < -0.39 is 5.97 Å². The van der Waals surface area contributed by atoms with E-state index in [4.69, 9.17) is 5.11 Å². The lowest BCUT2D eigenvalue weighted by atomic mass is 9.74. The fourth-order valence-electron chi connectivity index (χ4n) is 2.39. The largest absolute Gasteiger partial charge is 0.481 e. The van der Waals surface area contributed by atoms with Crippen molar-refractivity contribution in [1.82, 2.24) is 0 Å². The van der Waals surface area contributed by atoms with E-state index in [0.717, 1.165) is 12.8 Å². The molecule has 0 aromatic carbocycles. The average molecular weight is 186 g/mol. The van der Waals surface area contributed by atoms with Gasteiger partial charge in [0.25, 0.3) is 0 Å². The van der Waals surface area contributed by atoms with Gasteiger partial charge in [0.1, 0.15) is 0 Å². The molecule has 0 aromatic heterocycles. The molecule has 1 saturated carbocycles. The molecular weight excluding hydrogens is 168 g/mol. The molecule has 0 saturated heterocycles. The Bertz CT molecular complexity index is 210. The molecule has 3 nitrogen and oxygen atoms in total. The number of aliphatic carboxylic acids is 1. The Morgan fingerprint density at radius 2 is 2.00 bits per heavy atom. The highest BCUT2D eigenvalue weighted by atomic mass is 16.4. The van der Waals surface area contributed by atoms with Crippen LogP contribution in [0.4, 0.5) is 0 Å². The van der Waals surface area contributed by atoms with E-state index in [1.54, 1.807) is 6.92 Å². The SMILES string of the molecule is CC(C(=O)O)C1CCC(O)C1(C)C. The summed E-state index contributed by atoms with van der Waals surface area (Å²) in [5, 5.41) is 18.5.